The van der Waals surface area contributed by atoms with Gasteiger partial charge in [0.2, 0.25) is 0 Å². The molecule has 2 heterocycles. The molecule has 112 heavy (non-hydrogen) atoms. The van der Waals surface area contributed by atoms with Crippen LogP contribution in [-0.2, 0) is 14.2 Å². The highest BCUT2D eigenvalue weighted by atomic mass is 16.6. The summed E-state index contributed by atoms with van der Waals surface area (Å²) in [7, 11) is 0. The van der Waals surface area contributed by atoms with Gasteiger partial charge in [0.1, 0.15) is 0 Å². The van der Waals surface area contributed by atoms with Crippen molar-refractivity contribution in [1.82, 2.24) is 0 Å². The molecule has 16 atom stereocenters. The van der Waals surface area contributed by atoms with Gasteiger partial charge in [-0.1, -0.05) is 464 Å². The number of rotatable bonds is 79. The van der Waals surface area contributed by atoms with Crippen LogP contribution >= 0.6 is 0 Å². The van der Waals surface area contributed by atoms with Gasteiger partial charge in [-0.25, -0.2) is 0 Å². The van der Waals surface area contributed by atoms with Crippen LogP contribution in [0.4, 0.5) is 0 Å². The monoisotopic (exact) mass is 1570 g/mol. The third-order valence-electron chi connectivity index (χ3n) is 29.1. The molecule has 4 nitrogen and oxygen atoms in total. The molecular weight excluding hydrogens is 1360 g/mol. The lowest BCUT2D eigenvalue weighted by Crippen LogP contribution is -2.58. The molecule has 1 N–H and O–H groups in total. The first-order chi connectivity index (χ1) is 53.5. The fourth-order valence-corrected chi connectivity index (χ4v) is 20.6. The van der Waals surface area contributed by atoms with Crippen LogP contribution in [0.3, 0.4) is 0 Å². The van der Waals surface area contributed by atoms with Crippen molar-refractivity contribution >= 4 is 0 Å². The highest BCUT2D eigenvalue weighted by Gasteiger charge is 2.53. The van der Waals surface area contributed by atoms with Crippen LogP contribution in [0, 0.1) is 76.9 Å². The fourth-order valence-electron chi connectivity index (χ4n) is 20.6. The van der Waals surface area contributed by atoms with Crippen molar-refractivity contribution in [3.8, 4) is 0 Å². The van der Waals surface area contributed by atoms with Crippen LogP contribution in [0.15, 0.2) is 12.2 Å². The molecule has 0 aromatic heterocycles. The van der Waals surface area contributed by atoms with E-state index < -0.39 is 16.8 Å². The topological polar surface area (TPSA) is 47.9 Å². The predicted molar refractivity (Wildman–Crippen MR) is 502 cm³/mol. The Morgan fingerprint density at radius 3 is 0.920 bits per heavy atom. The molecule has 0 aliphatic carbocycles. The Balaban J connectivity index is 2.36. The second-order valence-electron chi connectivity index (χ2n) is 43.7. The summed E-state index contributed by atoms with van der Waals surface area (Å²) >= 11 is 0. The van der Waals surface area contributed by atoms with E-state index in [0.29, 0.717) is 23.7 Å². The number of hydrogen-bond donors (Lipinski definition) is 1. The van der Waals surface area contributed by atoms with Crippen LogP contribution in [0.1, 0.15) is 563 Å². The maximum atomic E-state index is 12.6. The number of allylic oxidation sites excluding steroid dienone is 2. The van der Waals surface area contributed by atoms with E-state index in [1.54, 1.807) is 0 Å². The third-order valence-corrected chi connectivity index (χ3v) is 29.1. The zero-order valence-electron chi connectivity index (χ0n) is 81.0. The molecule has 2 rings (SSSR count). The molecule has 4 heteroatoms. The maximum Gasteiger partial charge on any atom is 0.0923 e. The number of ether oxygens (including phenoxy) is 3. The lowest BCUT2D eigenvalue weighted by atomic mass is 9.72. The van der Waals surface area contributed by atoms with Crippen LogP contribution < -0.4 is 0 Å². The summed E-state index contributed by atoms with van der Waals surface area (Å²) in [6.07, 6.45) is 90.4. The summed E-state index contributed by atoms with van der Waals surface area (Å²) in [5.74, 6) is 10.0. The Hall–Kier alpha value is -0.420. The number of aliphatic hydroxyl groups is 1. The first-order valence-electron chi connectivity index (χ1n) is 51.9. The van der Waals surface area contributed by atoms with E-state index in [1.807, 2.05) is 0 Å². The molecule has 0 saturated carbocycles. The molecule has 2 aliphatic heterocycles. The fraction of sp³-hybridized carbons (Fsp3) is 0.981. The minimum absolute atomic E-state index is 0.0356. The summed E-state index contributed by atoms with van der Waals surface area (Å²) < 4.78 is 24.0. The third kappa shape index (κ3) is 55.5. The van der Waals surface area contributed by atoms with Gasteiger partial charge in [0, 0.05) is 0 Å². The van der Waals surface area contributed by atoms with Crippen molar-refractivity contribution in [2.75, 3.05) is 0 Å². The van der Waals surface area contributed by atoms with E-state index >= 15 is 0 Å². The Bertz CT molecular complexity index is 2090. The van der Waals surface area contributed by atoms with E-state index in [1.165, 1.54) is 360 Å². The lowest BCUT2D eigenvalue weighted by molar-refractivity contribution is -0.278. The first-order valence-corrected chi connectivity index (χ1v) is 51.9. The lowest BCUT2D eigenvalue weighted by Gasteiger charge is -2.53. The molecule has 2 saturated heterocycles. The van der Waals surface area contributed by atoms with Gasteiger partial charge in [-0.15, -0.1) is 0 Å². The zero-order chi connectivity index (χ0) is 82.7. The van der Waals surface area contributed by atoms with Crippen molar-refractivity contribution in [2.24, 2.45) is 76.9 Å². The van der Waals surface area contributed by atoms with Crippen molar-refractivity contribution < 1.29 is 19.3 Å². The highest BCUT2D eigenvalue weighted by molar-refractivity contribution is 5.02. The molecule has 2 aliphatic rings. The van der Waals surface area contributed by atoms with Crippen LogP contribution in [0.25, 0.3) is 0 Å². The average molecular weight is 1570 g/mol. The van der Waals surface area contributed by atoms with Gasteiger partial charge in [-0.05, 0) is 188 Å². The first kappa shape index (κ1) is 108. The Morgan fingerprint density at radius 1 is 0.312 bits per heavy atom. The summed E-state index contributed by atoms with van der Waals surface area (Å²) in [6, 6.07) is 0. The molecule has 0 aromatic rings. The minimum atomic E-state index is -0.859. The summed E-state index contributed by atoms with van der Waals surface area (Å²) in [5.41, 5.74) is -1.99. The number of hydrogen-bond acceptors (Lipinski definition) is 4. The molecule has 0 spiro atoms. The van der Waals surface area contributed by atoms with E-state index in [4.69, 9.17) is 14.2 Å². The van der Waals surface area contributed by atoms with E-state index in [-0.39, 0.29) is 23.9 Å². The molecule has 668 valence electrons. The SMILES string of the molecule is CCCCCCCC/C=C\CCCCCCCCCCCCCCCCCC[C@@H]1CC[C@@H]([C@@](C)(CCCC(C)CCCC(C)CCCC(C)C)OC(C)(CCCC(C)CCCC(C)CCCC(C)C)[C@H]2CC[C@H](C(C)(O)CCCC(C)CCCC(C)CCCC(C)C)O2)O[C@@]1(C)CCCC(C)CCCC(C)CCCC(C)C. The maximum absolute atomic E-state index is 12.6. The van der Waals surface area contributed by atoms with E-state index in [9.17, 15) is 5.11 Å². The number of unbranched alkanes of at least 4 members (excludes halogenated alkanes) is 22. The van der Waals surface area contributed by atoms with Crippen molar-refractivity contribution in [3.05, 3.63) is 12.2 Å². The van der Waals surface area contributed by atoms with Crippen LogP contribution in [0.2, 0.25) is 0 Å². The quantitative estimate of drug-likeness (QED) is 0.0487. The van der Waals surface area contributed by atoms with E-state index in [2.05, 4.69) is 158 Å². The summed E-state index contributed by atoms with van der Waals surface area (Å²) in [5, 5.41) is 12.6. The van der Waals surface area contributed by atoms with Gasteiger partial charge in [0.05, 0.1) is 40.7 Å². The minimum Gasteiger partial charge on any atom is -0.387 e. The molecule has 0 aromatic carbocycles. The second-order valence-corrected chi connectivity index (χ2v) is 43.7. The van der Waals surface area contributed by atoms with Crippen LogP contribution in [-0.4, -0.2) is 45.8 Å². The van der Waals surface area contributed by atoms with Gasteiger partial charge in [0.15, 0.2) is 0 Å². The van der Waals surface area contributed by atoms with Gasteiger partial charge < -0.3 is 19.3 Å². The zero-order valence-corrected chi connectivity index (χ0v) is 81.0. The van der Waals surface area contributed by atoms with Gasteiger partial charge in [-0.3, -0.25) is 0 Å². The van der Waals surface area contributed by atoms with Gasteiger partial charge in [0.25, 0.3) is 0 Å². The Kier molecular flexibility index (Phi) is 63.7. The van der Waals surface area contributed by atoms with Gasteiger partial charge >= 0.3 is 0 Å². The molecule has 0 radical (unpaired) electrons. The normalized spacial score (nSPS) is 21.8. The molecule has 10 unspecified atom stereocenters. The predicted octanol–water partition coefficient (Wildman–Crippen LogP) is 36.5. The van der Waals surface area contributed by atoms with Crippen LogP contribution in [0.5, 0.6) is 0 Å². The van der Waals surface area contributed by atoms with Crippen molar-refractivity contribution in [1.29, 1.82) is 0 Å². The smallest absolute Gasteiger partial charge is 0.0923 e. The van der Waals surface area contributed by atoms with Crippen molar-refractivity contribution in [3.63, 3.8) is 0 Å². The standard InChI is InChI=1S/C108H212O4/c1-22-23-24-25-26-27-28-29-30-31-32-33-34-35-36-37-38-39-40-41-42-43-44-45-46-47-80-101-81-82-104(111-106(101,19)86-57-77-98(15)73-53-69-94(11)65-49-61-90(4)5)108(21,88-59-79-100(17)75-55-71-96(13)67-51-63-92(8)9)112-107(20,87-58-78-99(16)74-54-70-95(12)66-50-62-91(6)7)103-84-83-102(110-103)105(18,109)85-56-76-97(14)72-52-68-93(10)64-48-60-89(2)3/h29-30,89-104,109H,22-28,31-88H2,1-21H3/b30-29-/t93?,94?,95?,96?,97?,98?,99?,100?,101-,102-,103-,104+,105?,106+,107?,108-/m1/s1. The molecule has 2 fully saturated rings. The molecular formula is C108H212O4. The van der Waals surface area contributed by atoms with Crippen molar-refractivity contribution in [2.45, 2.75) is 603 Å². The summed E-state index contributed by atoms with van der Waals surface area (Å²) in [4.78, 5) is 0. The van der Waals surface area contributed by atoms with Gasteiger partial charge in [-0.2, -0.15) is 0 Å². The average Bonchev–Trinajstić information content (AvgIpc) is 1.25. The summed E-state index contributed by atoms with van der Waals surface area (Å²) in [6.45, 7) is 51.3. The Morgan fingerprint density at radius 2 is 0.580 bits per heavy atom. The molecule has 0 amide bonds. The second kappa shape index (κ2) is 66.2. The largest absolute Gasteiger partial charge is 0.387 e. The Labute approximate surface area is 707 Å². The molecule has 0 bridgehead atoms. The van der Waals surface area contributed by atoms with E-state index in [0.717, 1.165) is 111 Å². The highest BCUT2D eigenvalue weighted by Crippen LogP contribution is 2.49.